The van der Waals surface area contributed by atoms with Gasteiger partial charge in [-0.05, 0) is 37.4 Å². The summed E-state index contributed by atoms with van der Waals surface area (Å²) in [6.45, 7) is 5.10. The van der Waals surface area contributed by atoms with Gasteiger partial charge in [0.05, 0.1) is 7.85 Å². The van der Waals surface area contributed by atoms with E-state index in [1.807, 2.05) is 26.0 Å². The van der Waals surface area contributed by atoms with Crippen LogP contribution in [0.25, 0.3) is 0 Å². The summed E-state index contributed by atoms with van der Waals surface area (Å²) in [7, 11) is 5.87. The van der Waals surface area contributed by atoms with Crippen LogP contribution in [-0.2, 0) is 9.47 Å². The zero-order valence-corrected chi connectivity index (χ0v) is 8.69. The highest BCUT2D eigenvalue weighted by molar-refractivity contribution is 6.15. The summed E-state index contributed by atoms with van der Waals surface area (Å²) in [6, 6.07) is 0. The van der Waals surface area contributed by atoms with E-state index in [1.54, 1.807) is 6.08 Å². The molecular weight excluding hydrogens is 175 g/mol. The van der Waals surface area contributed by atoms with E-state index in [4.69, 9.17) is 17.3 Å². The van der Waals surface area contributed by atoms with Crippen molar-refractivity contribution in [2.45, 2.75) is 26.0 Å². The Morgan fingerprint density at radius 1 is 1.43 bits per heavy atom. The van der Waals surface area contributed by atoms with Gasteiger partial charge in [-0.2, -0.15) is 0 Å². The summed E-state index contributed by atoms with van der Waals surface area (Å²) in [5.74, 6) is -0.150. The first-order chi connectivity index (χ1) is 6.79. The summed E-state index contributed by atoms with van der Waals surface area (Å²) >= 11 is 0. The van der Waals surface area contributed by atoms with Gasteiger partial charge in [0.2, 0.25) is 0 Å². The van der Waals surface area contributed by atoms with E-state index < -0.39 is 0 Å². The SMILES string of the molecule is [B]C1C=C=CC=C1C(OCC)OCC. The van der Waals surface area contributed by atoms with Crippen molar-refractivity contribution in [1.82, 2.24) is 0 Å². The van der Waals surface area contributed by atoms with Crippen LogP contribution in [0, 0.1) is 0 Å². The zero-order valence-electron chi connectivity index (χ0n) is 8.69. The van der Waals surface area contributed by atoms with Gasteiger partial charge in [-0.3, -0.25) is 0 Å². The van der Waals surface area contributed by atoms with Gasteiger partial charge >= 0.3 is 0 Å². The number of hydrogen-bond donors (Lipinski definition) is 0. The molecule has 0 saturated carbocycles. The molecule has 1 aliphatic carbocycles. The summed E-state index contributed by atoms with van der Waals surface area (Å²) in [5.41, 5.74) is 3.89. The van der Waals surface area contributed by atoms with Gasteiger partial charge in [0.1, 0.15) is 0 Å². The van der Waals surface area contributed by atoms with Gasteiger partial charge in [-0.1, -0.05) is 6.08 Å². The molecule has 0 bridgehead atoms. The third-order valence-corrected chi connectivity index (χ3v) is 1.94. The van der Waals surface area contributed by atoms with Crippen LogP contribution in [0.15, 0.2) is 29.5 Å². The average molecular weight is 190 g/mol. The fourth-order valence-corrected chi connectivity index (χ4v) is 1.29. The Balaban J connectivity index is 2.68. The third-order valence-electron chi connectivity index (χ3n) is 1.94. The Kier molecular flexibility index (Phi) is 4.74. The number of rotatable bonds is 5. The number of hydrogen-bond acceptors (Lipinski definition) is 2. The van der Waals surface area contributed by atoms with Crippen LogP contribution in [0.3, 0.4) is 0 Å². The highest BCUT2D eigenvalue weighted by Crippen LogP contribution is 2.24. The molecule has 0 aromatic rings. The van der Waals surface area contributed by atoms with Gasteiger partial charge in [0.15, 0.2) is 6.29 Å². The van der Waals surface area contributed by atoms with Crippen molar-refractivity contribution >= 4 is 7.85 Å². The molecule has 0 aromatic carbocycles. The molecule has 0 aliphatic heterocycles. The van der Waals surface area contributed by atoms with Crippen LogP contribution in [0.4, 0.5) is 0 Å². The van der Waals surface area contributed by atoms with Crippen LogP contribution < -0.4 is 0 Å². The van der Waals surface area contributed by atoms with Crippen molar-refractivity contribution in [3.63, 3.8) is 0 Å². The monoisotopic (exact) mass is 190 g/mol. The van der Waals surface area contributed by atoms with Crippen LogP contribution in [-0.4, -0.2) is 27.4 Å². The minimum absolute atomic E-state index is 0.150. The molecule has 2 nitrogen and oxygen atoms in total. The van der Waals surface area contributed by atoms with Crippen molar-refractivity contribution in [3.05, 3.63) is 29.5 Å². The Labute approximate surface area is 86.7 Å². The molecule has 3 heteroatoms. The first kappa shape index (κ1) is 11.3. The smallest absolute Gasteiger partial charge is 0.179 e. The maximum absolute atomic E-state index is 5.87. The molecule has 2 radical (unpaired) electrons. The molecule has 1 atom stereocenters. The fourth-order valence-electron chi connectivity index (χ4n) is 1.29. The lowest BCUT2D eigenvalue weighted by molar-refractivity contribution is -0.112. The van der Waals surface area contributed by atoms with Gasteiger partial charge in [-0.25, -0.2) is 0 Å². The van der Waals surface area contributed by atoms with Crippen molar-refractivity contribution in [2.75, 3.05) is 13.2 Å². The van der Waals surface area contributed by atoms with Crippen LogP contribution >= 0.6 is 0 Å². The van der Waals surface area contributed by atoms with E-state index in [2.05, 4.69) is 5.73 Å². The van der Waals surface area contributed by atoms with Crippen molar-refractivity contribution in [3.8, 4) is 0 Å². The van der Waals surface area contributed by atoms with E-state index >= 15 is 0 Å². The minimum Gasteiger partial charge on any atom is -0.349 e. The first-order valence-electron chi connectivity index (χ1n) is 4.91. The van der Waals surface area contributed by atoms with Gasteiger partial charge in [-0.15, -0.1) is 5.73 Å². The lowest BCUT2D eigenvalue weighted by atomic mass is 9.79. The van der Waals surface area contributed by atoms with E-state index in [1.165, 1.54) is 0 Å². The van der Waals surface area contributed by atoms with E-state index in [9.17, 15) is 0 Å². The second-order valence-electron chi connectivity index (χ2n) is 2.94. The Morgan fingerprint density at radius 2 is 2.07 bits per heavy atom. The molecule has 14 heavy (non-hydrogen) atoms. The summed E-state index contributed by atoms with van der Waals surface area (Å²) in [4.78, 5) is 0. The van der Waals surface area contributed by atoms with Crippen LogP contribution in [0.2, 0.25) is 5.82 Å². The quantitative estimate of drug-likeness (QED) is 0.375. The Morgan fingerprint density at radius 3 is 2.57 bits per heavy atom. The second-order valence-corrected chi connectivity index (χ2v) is 2.94. The maximum atomic E-state index is 5.87. The van der Waals surface area contributed by atoms with E-state index in [0.717, 1.165) is 5.57 Å². The molecule has 1 aliphatic rings. The molecule has 1 unspecified atom stereocenters. The van der Waals surface area contributed by atoms with E-state index in [-0.39, 0.29) is 12.1 Å². The highest BCUT2D eigenvalue weighted by Gasteiger charge is 2.18. The van der Waals surface area contributed by atoms with Crippen LogP contribution in [0.5, 0.6) is 0 Å². The summed E-state index contributed by atoms with van der Waals surface area (Å²) < 4.78 is 10.9. The fraction of sp³-hybridized carbons (Fsp3) is 0.545. The topological polar surface area (TPSA) is 18.5 Å². The highest BCUT2D eigenvalue weighted by atomic mass is 16.7. The predicted octanol–water partition coefficient (Wildman–Crippen LogP) is 1.99. The third kappa shape index (κ3) is 2.88. The van der Waals surface area contributed by atoms with Gasteiger partial charge in [0.25, 0.3) is 0 Å². The molecule has 0 fully saturated rings. The zero-order chi connectivity index (χ0) is 10.4. The molecule has 1 rings (SSSR count). The van der Waals surface area contributed by atoms with Crippen molar-refractivity contribution in [2.24, 2.45) is 0 Å². The average Bonchev–Trinajstić information content (AvgIpc) is 2.18. The maximum Gasteiger partial charge on any atom is 0.179 e. The number of allylic oxidation sites excluding steroid dienone is 2. The molecule has 0 spiro atoms. The Bertz CT molecular complexity index is 258. The summed E-state index contributed by atoms with van der Waals surface area (Å²) in [6.07, 6.45) is 5.21. The molecule has 0 saturated heterocycles. The predicted molar refractivity (Wildman–Crippen MR) is 57.3 cm³/mol. The van der Waals surface area contributed by atoms with E-state index in [0.29, 0.717) is 13.2 Å². The van der Waals surface area contributed by atoms with Gasteiger partial charge in [0, 0.05) is 13.2 Å². The molecule has 0 heterocycles. The lowest BCUT2D eigenvalue weighted by Crippen LogP contribution is -2.22. The number of ether oxygens (including phenoxy) is 2. The molecule has 0 N–H and O–H groups in total. The minimum atomic E-state index is -0.324. The standard InChI is InChI=1S/C11H15BO2/c1-3-13-11(14-4-2)9-7-5-6-8-10(9)12/h5,7-8,10-11H,3-4H2,1-2H3. The van der Waals surface area contributed by atoms with Crippen LogP contribution in [0.1, 0.15) is 13.8 Å². The normalized spacial score (nSPS) is 20.2. The first-order valence-corrected chi connectivity index (χ1v) is 4.91. The van der Waals surface area contributed by atoms with Crippen molar-refractivity contribution in [1.29, 1.82) is 0 Å². The summed E-state index contributed by atoms with van der Waals surface area (Å²) in [5, 5.41) is 0. The molecular formula is C11H15BO2. The molecule has 74 valence electrons. The lowest BCUT2D eigenvalue weighted by Gasteiger charge is -2.23. The molecule has 0 amide bonds. The largest absolute Gasteiger partial charge is 0.349 e. The molecule has 0 aromatic heterocycles. The van der Waals surface area contributed by atoms with Gasteiger partial charge < -0.3 is 9.47 Å². The van der Waals surface area contributed by atoms with Crippen molar-refractivity contribution < 1.29 is 9.47 Å². The Hall–Kier alpha value is -0.755. The second kappa shape index (κ2) is 5.87.